The zero-order valence-electron chi connectivity index (χ0n) is 13.6. The summed E-state index contributed by atoms with van der Waals surface area (Å²) in [4.78, 5) is 19.3. The second-order valence-corrected chi connectivity index (χ2v) is 6.27. The van der Waals surface area contributed by atoms with Gasteiger partial charge in [-0.1, -0.05) is 42.5 Å². The van der Waals surface area contributed by atoms with E-state index in [-0.39, 0.29) is 5.78 Å². The van der Waals surface area contributed by atoms with Crippen molar-refractivity contribution < 1.29 is 4.79 Å². The minimum absolute atomic E-state index is 0.138. The molecule has 0 spiro atoms. The van der Waals surface area contributed by atoms with Crippen molar-refractivity contribution in [1.82, 2.24) is 4.98 Å². The largest absolute Gasteiger partial charge is 0.371 e. The van der Waals surface area contributed by atoms with Crippen LogP contribution in [0.2, 0.25) is 0 Å². The monoisotopic (exact) mass is 316 g/mol. The van der Waals surface area contributed by atoms with Gasteiger partial charge in [-0.05, 0) is 35.9 Å². The first-order chi connectivity index (χ1) is 11.8. The lowest BCUT2D eigenvalue weighted by atomic mass is 10.0. The Bertz CT molecular complexity index is 882. The van der Waals surface area contributed by atoms with Gasteiger partial charge in [-0.25, -0.2) is 0 Å². The SMILES string of the molecule is O=C(CCCN1CCc2ccccc21)c1nccc2ccccc12. The van der Waals surface area contributed by atoms with Gasteiger partial charge in [0, 0.05) is 36.8 Å². The molecule has 3 heteroatoms. The van der Waals surface area contributed by atoms with E-state index in [9.17, 15) is 4.79 Å². The Morgan fingerprint density at radius 1 is 1.04 bits per heavy atom. The van der Waals surface area contributed by atoms with Crippen molar-refractivity contribution in [3.05, 3.63) is 72.1 Å². The van der Waals surface area contributed by atoms with Gasteiger partial charge in [-0.3, -0.25) is 9.78 Å². The molecule has 0 unspecified atom stereocenters. The summed E-state index contributed by atoms with van der Waals surface area (Å²) >= 11 is 0. The molecular formula is C21H20N2O. The van der Waals surface area contributed by atoms with Gasteiger partial charge in [0.2, 0.25) is 0 Å². The molecule has 0 aliphatic carbocycles. The fraction of sp³-hybridized carbons (Fsp3) is 0.238. The summed E-state index contributed by atoms with van der Waals surface area (Å²) in [5.74, 6) is 0.138. The third-order valence-corrected chi connectivity index (χ3v) is 4.75. The highest BCUT2D eigenvalue weighted by molar-refractivity contribution is 6.06. The Kier molecular flexibility index (Phi) is 3.99. The van der Waals surface area contributed by atoms with E-state index < -0.39 is 0 Å². The van der Waals surface area contributed by atoms with E-state index >= 15 is 0 Å². The number of benzene rings is 2. The standard InChI is InChI=1S/C21H20N2O/c24-20(21-18-8-3-1-6-16(18)11-13-22-21)10-5-14-23-15-12-17-7-2-4-9-19(17)23/h1-4,6-9,11,13H,5,10,12,14-15H2. The Morgan fingerprint density at radius 2 is 1.88 bits per heavy atom. The zero-order chi connectivity index (χ0) is 16.4. The topological polar surface area (TPSA) is 33.2 Å². The number of ketones is 1. The average Bonchev–Trinajstić information content (AvgIpc) is 3.04. The van der Waals surface area contributed by atoms with Crippen LogP contribution in [0.4, 0.5) is 5.69 Å². The summed E-state index contributed by atoms with van der Waals surface area (Å²) in [6.45, 7) is 1.98. The third kappa shape index (κ3) is 2.78. The number of nitrogens with zero attached hydrogens (tertiary/aromatic N) is 2. The highest BCUT2D eigenvalue weighted by atomic mass is 16.1. The van der Waals surface area contributed by atoms with Crippen molar-refractivity contribution in [2.75, 3.05) is 18.0 Å². The normalized spacial score (nSPS) is 13.2. The summed E-state index contributed by atoms with van der Waals surface area (Å²) in [5.41, 5.74) is 3.35. The number of anilines is 1. The number of Topliss-reactive ketones (excluding diaryl/α,β-unsaturated/α-hetero) is 1. The lowest BCUT2D eigenvalue weighted by Crippen LogP contribution is -2.22. The van der Waals surface area contributed by atoms with Gasteiger partial charge in [0.1, 0.15) is 5.69 Å². The second kappa shape index (κ2) is 6.44. The molecule has 3 nitrogen and oxygen atoms in total. The molecule has 1 aromatic heterocycles. The lowest BCUT2D eigenvalue weighted by Gasteiger charge is -2.19. The van der Waals surface area contributed by atoms with Crippen LogP contribution in [0.25, 0.3) is 10.8 Å². The molecule has 0 atom stereocenters. The highest BCUT2D eigenvalue weighted by Crippen LogP contribution is 2.27. The fourth-order valence-corrected chi connectivity index (χ4v) is 3.53. The molecule has 0 N–H and O–H groups in total. The second-order valence-electron chi connectivity index (χ2n) is 6.27. The van der Waals surface area contributed by atoms with Crippen molar-refractivity contribution in [2.24, 2.45) is 0 Å². The smallest absolute Gasteiger partial charge is 0.181 e. The first-order valence-corrected chi connectivity index (χ1v) is 8.53. The average molecular weight is 316 g/mol. The molecule has 0 bridgehead atoms. The van der Waals surface area contributed by atoms with Crippen LogP contribution < -0.4 is 4.90 Å². The number of pyridine rings is 1. The molecule has 4 rings (SSSR count). The Hall–Kier alpha value is -2.68. The first-order valence-electron chi connectivity index (χ1n) is 8.53. The summed E-state index contributed by atoms with van der Waals surface area (Å²) in [5, 5.41) is 2.03. The van der Waals surface area contributed by atoms with Crippen LogP contribution in [0.3, 0.4) is 0 Å². The van der Waals surface area contributed by atoms with Crippen LogP contribution in [0.15, 0.2) is 60.8 Å². The fourth-order valence-electron chi connectivity index (χ4n) is 3.53. The maximum atomic E-state index is 12.6. The summed E-state index contributed by atoms with van der Waals surface area (Å²) in [6, 6.07) is 18.5. The number of carbonyl (C=O) groups is 1. The predicted octanol–water partition coefficient (Wildman–Crippen LogP) is 4.26. The molecule has 0 fully saturated rings. The number of aromatic nitrogens is 1. The van der Waals surface area contributed by atoms with E-state index in [0.29, 0.717) is 12.1 Å². The van der Waals surface area contributed by atoms with Crippen LogP contribution in [0, 0.1) is 0 Å². The zero-order valence-corrected chi connectivity index (χ0v) is 13.6. The number of rotatable bonds is 5. The number of fused-ring (bicyclic) bond motifs is 2. The Labute approximate surface area is 141 Å². The van der Waals surface area contributed by atoms with Crippen LogP contribution >= 0.6 is 0 Å². The molecule has 2 aromatic carbocycles. The van der Waals surface area contributed by atoms with Crippen molar-refractivity contribution in [3.63, 3.8) is 0 Å². The minimum atomic E-state index is 0.138. The number of carbonyl (C=O) groups excluding carboxylic acids is 1. The Morgan fingerprint density at radius 3 is 2.83 bits per heavy atom. The van der Waals surface area contributed by atoms with Crippen molar-refractivity contribution in [1.29, 1.82) is 0 Å². The molecule has 0 radical (unpaired) electrons. The van der Waals surface area contributed by atoms with Crippen LogP contribution in [0.1, 0.15) is 28.9 Å². The van der Waals surface area contributed by atoms with Gasteiger partial charge in [-0.2, -0.15) is 0 Å². The van der Waals surface area contributed by atoms with Gasteiger partial charge < -0.3 is 4.90 Å². The minimum Gasteiger partial charge on any atom is -0.371 e. The molecule has 2 heterocycles. The molecule has 1 aliphatic rings. The van der Waals surface area contributed by atoms with Gasteiger partial charge in [0.05, 0.1) is 0 Å². The van der Waals surface area contributed by atoms with E-state index in [1.54, 1.807) is 6.20 Å². The molecule has 24 heavy (non-hydrogen) atoms. The molecule has 3 aromatic rings. The highest BCUT2D eigenvalue weighted by Gasteiger charge is 2.18. The van der Waals surface area contributed by atoms with Crippen LogP contribution in [0.5, 0.6) is 0 Å². The third-order valence-electron chi connectivity index (χ3n) is 4.75. The van der Waals surface area contributed by atoms with Crippen LogP contribution in [-0.4, -0.2) is 23.9 Å². The van der Waals surface area contributed by atoms with Gasteiger partial charge in [0.25, 0.3) is 0 Å². The molecule has 0 saturated carbocycles. The lowest BCUT2D eigenvalue weighted by molar-refractivity contribution is 0.0977. The van der Waals surface area contributed by atoms with E-state index in [0.717, 1.165) is 36.7 Å². The van der Waals surface area contributed by atoms with Gasteiger partial charge in [0.15, 0.2) is 5.78 Å². The van der Waals surface area contributed by atoms with E-state index in [4.69, 9.17) is 0 Å². The quantitative estimate of drug-likeness (QED) is 0.659. The van der Waals surface area contributed by atoms with Crippen molar-refractivity contribution in [3.8, 4) is 0 Å². The van der Waals surface area contributed by atoms with Crippen molar-refractivity contribution >= 4 is 22.2 Å². The molecule has 0 amide bonds. The van der Waals surface area contributed by atoms with Gasteiger partial charge >= 0.3 is 0 Å². The van der Waals surface area contributed by atoms with Crippen molar-refractivity contribution in [2.45, 2.75) is 19.3 Å². The predicted molar refractivity (Wildman–Crippen MR) is 97.7 cm³/mol. The maximum absolute atomic E-state index is 12.6. The molecule has 1 aliphatic heterocycles. The van der Waals surface area contributed by atoms with Crippen LogP contribution in [-0.2, 0) is 6.42 Å². The maximum Gasteiger partial charge on any atom is 0.181 e. The van der Waals surface area contributed by atoms with E-state index in [1.165, 1.54) is 11.3 Å². The Balaban J connectivity index is 1.42. The number of hydrogen-bond donors (Lipinski definition) is 0. The molecular weight excluding hydrogens is 296 g/mol. The summed E-state index contributed by atoms with van der Waals surface area (Å²) < 4.78 is 0. The summed E-state index contributed by atoms with van der Waals surface area (Å²) in [6.07, 6.45) is 4.24. The first kappa shape index (κ1) is 14.9. The van der Waals surface area contributed by atoms with E-state index in [2.05, 4.69) is 34.1 Å². The molecule has 0 saturated heterocycles. The number of hydrogen-bond acceptors (Lipinski definition) is 3. The molecule has 120 valence electrons. The van der Waals surface area contributed by atoms with E-state index in [1.807, 2.05) is 30.3 Å². The van der Waals surface area contributed by atoms with Gasteiger partial charge in [-0.15, -0.1) is 0 Å². The number of para-hydroxylation sites is 1. The summed E-state index contributed by atoms with van der Waals surface area (Å²) in [7, 11) is 0.